The molecule has 1 atom stereocenters. The molecule has 8 heteroatoms. The lowest BCUT2D eigenvalue weighted by Crippen LogP contribution is -2.55. The monoisotopic (exact) mass is 358 g/mol. The molecule has 2 heterocycles. The van der Waals surface area contributed by atoms with Crippen LogP contribution in [0.5, 0.6) is 0 Å². The van der Waals surface area contributed by atoms with Gasteiger partial charge in [-0.2, -0.15) is 0 Å². The molecular weight excluding hydrogens is 336 g/mol. The van der Waals surface area contributed by atoms with Gasteiger partial charge in [-0.15, -0.1) is 0 Å². The number of amides is 3. The lowest BCUT2D eigenvalue weighted by atomic mass is 10.2. The van der Waals surface area contributed by atoms with Gasteiger partial charge < -0.3 is 24.8 Å². The Morgan fingerprint density at radius 2 is 1.77 bits per heavy atom. The lowest BCUT2D eigenvalue weighted by molar-refractivity contribution is -0.142. The van der Waals surface area contributed by atoms with E-state index in [1.165, 1.54) is 7.11 Å². The number of hydrogen-bond acceptors (Lipinski definition) is 4. The number of aromatic nitrogens is 1. The number of hydrogen-bond donors (Lipinski definition) is 2. The van der Waals surface area contributed by atoms with Gasteiger partial charge in [-0.25, -0.2) is 9.59 Å². The van der Waals surface area contributed by atoms with E-state index in [2.05, 4.69) is 15.0 Å². The van der Waals surface area contributed by atoms with Crippen molar-refractivity contribution in [1.82, 2.24) is 20.1 Å². The zero-order chi connectivity index (χ0) is 18.7. The van der Waals surface area contributed by atoms with E-state index in [0.717, 1.165) is 10.9 Å². The second-order valence-corrected chi connectivity index (χ2v) is 6.24. The van der Waals surface area contributed by atoms with E-state index in [0.29, 0.717) is 31.9 Å². The fourth-order valence-corrected chi connectivity index (χ4v) is 2.98. The summed E-state index contributed by atoms with van der Waals surface area (Å²) >= 11 is 0. The maximum absolute atomic E-state index is 12.7. The van der Waals surface area contributed by atoms with E-state index in [1.807, 2.05) is 30.3 Å². The molecule has 26 heavy (non-hydrogen) atoms. The van der Waals surface area contributed by atoms with Crippen molar-refractivity contribution < 1.29 is 19.1 Å². The highest BCUT2D eigenvalue weighted by Gasteiger charge is 2.27. The van der Waals surface area contributed by atoms with Crippen molar-refractivity contribution in [2.24, 2.45) is 0 Å². The topological polar surface area (TPSA) is 94.7 Å². The van der Waals surface area contributed by atoms with Gasteiger partial charge in [-0.1, -0.05) is 18.2 Å². The molecule has 1 aromatic heterocycles. The molecule has 1 saturated heterocycles. The number of nitrogens with zero attached hydrogens (tertiary/aromatic N) is 2. The maximum Gasteiger partial charge on any atom is 0.328 e. The number of carbonyl (C=O) groups excluding carboxylic acids is 3. The van der Waals surface area contributed by atoms with E-state index in [4.69, 9.17) is 0 Å². The Bertz CT molecular complexity index is 790. The van der Waals surface area contributed by atoms with Crippen LogP contribution in [0.3, 0.4) is 0 Å². The van der Waals surface area contributed by atoms with Crippen molar-refractivity contribution in [3.63, 3.8) is 0 Å². The standard InChI is InChI=1S/C18H22N4O4/c1-12(17(24)26-2)19-18(25)22-9-7-21(8-10-22)16(23)15-11-13-5-3-4-6-14(13)20-15/h3-6,11-12,20H,7-10H2,1-2H3,(H,19,25). The molecule has 1 unspecified atom stereocenters. The van der Waals surface area contributed by atoms with Crippen LogP contribution in [0.4, 0.5) is 4.79 Å². The first-order valence-corrected chi connectivity index (χ1v) is 8.50. The van der Waals surface area contributed by atoms with E-state index in [-0.39, 0.29) is 11.9 Å². The summed E-state index contributed by atoms with van der Waals surface area (Å²) in [5.74, 6) is -0.574. The van der Waals surface area contributed by atoms with Gasteiger partial charge >= 0.3 is 12.0 Å². The molecule has 8 nitrogen and oxygen atoms in total. The smallest absolute Gasteiger partial charge is 0.328 e. The predicted octanol–water partition coefficient (Wildman–Crippen LogP) is 1.20. The molecule has 0 aliphatic carbocycles. The van der Waals surface area contributed by atoms with Crippen LogP contribution >= 0.6 is 0 Å². The number of urea groups is 1. The Morgan fingerprint density at radius 3 is 2.42 bits per heavy atom. The number of benzene rings is 1. The van der Waals surface area contributed by atoms with Crippen LogP contribution in [0.1, 0.15) is 17.4 Å². The first kappa shape index (κ1) is 17.8. The average molecular weight is 358 g/mol. The number of piperazine rings is 1. The van der Waals surface area contributed by atoms with Gasteiger partial charge in [0.25, 0.3) is 5.91 Å². The Balaban J connectivity index is 1.57. The third kappa shape index (κ3) is 3.63. The molecule has 2 aromatic rings. The number of methoxy groups -OCH3 is 1. The number of rotatable bonds is 3. The maximum atomic E-state index is 12.7. The van der Waals surface area contributed by atoms with Crippen molar-refractivity contribution in [1.29, 1.82) is 0 Å². The van der Waals surface area contributed by atoms with E-state index >= 15 is 0 Å². The molecule has 0 bridgehead atoms. The van der Waals surface area contributed by atoms with Gasteiger partial charge in [0.1, 0.15) is 11.7 Å². The van der Waals surface area contributed by atoms with Gasteiger partial charge in [0, 0.05) is 37.1 Å². The quantitative estimate of drug-likeness (QED) is 0.806. The fraction of sp³-hybridized carbons (Fsp3) is 0.389. The number of carbonyl (C=O) groups is 3. The third-order valence-electron chi connectivity index (χ3n) is 4.51. The SMILES string of the molecule is COC(=O)C(C)NC(=O)N1CCN(C(=O)c2cc3ccccc3[nH]2)CC1. The summed E-state index contributed by atoms with van der Waals surface area (Å²) in [6, 6.07) is 8.52. The third-order valence-corrected chi connectivity index (χ3v) is 4.51. The van der Waals surface area contributed by atoms with Crippen molar-refractivity contribution in [2.75, 3.05) is 33.3 Å². The number of esters is 1. The van der Waals surface area contributed by atoms with Crippen LogP contribution in [0.25, 0.3) is 10.9 Å². The molecule has 3 amide bonds. The zero-order valence-corrected chi connectivity index (χ0v) is 14.8. The fourth-order valence-electron chi connectivity index (χ4n) is 2.98. The first-order chi connectivity index (χ1) is 12.5. The molecule has 0 spiro atoms. The van der Waals surface area contributed by atoms with E-state index in [9.17, 15) is 14.4 Å². The van der Waals surface area contributed by atoms with Crippen molar-refractivity contribution in [3.05, 3.63) is 36.0 Å². The Morgan fingerprint density at radius 1 is 1.12 bits per heavy atom. The minimum absolute atomic E-state index is 0.0795. The first-order valence-electron chi connectivity index (χ1n) is 8.50. The highest BCUT2D eigenvalue weighted by molar-refractivity contribution is 5.98. The highest BCUT2D eigenvalue weighted by atomic mass is 16.5. The summed E-state index contributed by atoms with van der Waals surface area (Å²) < 4.78 is 4.59. The molecule has 1 aromatic carbocycles. The Kier molecular flexibility index (Phi) is 5.11. The lowest BCUT2D eigenvalue weighted by Gasteiger charge is -2.34. The van der Waals surface area contributed by atoms with Crippen LogP contribution in [-0.2, 0) is 9.53 Å². The van der Waals surface area contributed by atoms with Crippen molar-refractivity contribution in [2.45, 2.75) is 13.0 Å². The molecule has 1 aliphatic rings. The summed E-state index contributed by atoms with van der Waals surface area (Å²) in [5, 5.41) is 3.59. The molecule has 2 N–H and O–H groups in total. The van der Waals surface area contributed by atoms with E-state index < -0.39 is 12.0 Å². The predicted molar refractivity (Wildman–Crippen MR) is 95.8 cm³/mol. The molecule has 1 fully saturated rings. The highest BCUT2D eigenvalue weighted by Crippen LogP contribution is 2.17. The average Bonchev–Trinajstić information content (AvgIpc) is 3.11. The number of nitrogens with one attached hydrogen (secondary N) is 2. The minimum atomic E-state index is -0.710. The van der Waals surface area contributed by atoms with Crippen LogP contribution in [0.2, 0.25) is 0 Å². The molecule has 138 valence electrons. The van der Waals surface area contributed by atoms with Crippen molar-refractivity contribution in [3.8, 4) is 0 Å². The van der Waals surface area contributed by atoms with Crippen LogP contribution < -0.4 is 5.32 Å². The van der Waals surface area contributed by atoms with Gasteiger partial charge in [0.2, 0.25) is 0 Å². The molecule has 1 aliphatic heterocycles. The number of aromatic amines is 1. The Labute approximate surface area is 151 Å². The largest absolute Gasteiger partial charge is 0.467 e. The summed E-state index contributed by atoms with van der Waals surface area (Å²) in [5.41, 5.74) is 1.47. The van der Waals surface area contributed by atoms with Gasteiger partial charge in [-0.05, 0) is 19.1 Å². The van der Waals surface area contributed by atoms with E-state index in [1.54, 1.807) is 16.7 Å². The second kappa shape index (κ2) is 7.47. The van der Waals surface area contributed by atoms with Crippen LogP contribution in [0, 0.1) is 0 Å². The summed E-state index contributed by atoms with van der Waals surface area (Å²) in [4.78, 5) is 42.7. The summed E-state index contributed by atoms with van der Waals surface area (Å²) in [6.07, 6.45) is 0. The summed E-state index contributed by atoms with van der Waals surface area (Å²) in [6.45, 7) is 3.26. The Hall–Kier alpha value is -3.03. The van der Waals surface area contributed by atoms with Crippen LogP contribution in [0.15, 0.2) is 30.3 Å². The zero-order valence-electron chi connectivity index (χ0n) is 14.8. The number of fused-ring (bicyclic) bond motifs is 1. The summed E-state index contributed by atoms with van der Waals surface area (Å²) in [7, 11) is 1.28. The molecular formula is C18H22N4O4. The number of ether oxygens (including phenoxy) is 1. The number of para-hydroxylation sites is 1. The van der Waals surface area contributed by atoms with Gasteiger partial charge in [0.15, 0.2) is 0 Å². The molecule has 3 rings (SSSR count). The second-order valence-electron chi connectivity index (χ2n) is 6.24. The molecule has 0 radical (unpaired) electrons. The minimum Gasteiger partial charge on any atom is -0.467 e. The normalized spacial score (nSPS) is 15.6. The van der Waals surface area contributed by atoms with Gasteiger partial charge in [0.05, 0.1) is 7.11 Å². The van der Waals surface area contributed by atoms with Crippen LogP contribution in [-0.4, -0.2) is 72.0 Å². The number of H-pyrrole nitrogens is 1. The van der Waals surface area contributed by atoms with Gasteiger partial charge in [-0.3, -0.25) is 4.79 Å². The molecule has 0 saturated carbocycles. The van der Waals surface area contributed by atoms with Crippen molar-refractivity contribution >= 4 is 28.8 Å².